The molecular weight excluding hydrogens is 480 g/mol. The number of pyridine rings is 1. The molecule has 4 N–H and O–H groups in total. The van der Waals surface area contributed by atoms with E-state index in [1.54, 1.807) is 24.3 Å². The zero-order valence-electron chi connectivity index (χ0n) is 19.4. The van der Waals surface area contributed by atoms with Gasteiger partial charge in [0.05, 0.1) is 24.9 Å². The quantitative estimate of drug-likeness (QED) is 0.266. The molecule has 0 saturated heterocycles. The Morgan fingerprint density at radius 1 is 1.14 bits per heavy atom. The maximum atomic E-state index is 12.5. The van der Waals surface area contributed by atoms with Gasteiger partial charge >= 0.3 is 6.03 Å². The number of carbonyl (C=O) groups is 2. The van der Waals surface area contributed by atoms with Gasteiger partial charge in [0.15, 0.2) is 0 Å². The fourth-order valence-corrected chi connectivity index (χ4v) is 3.92. The summed E-state index contributed by atoms with van der Waals surface area (Å²) in [6.45, 7) is 8.43. The summed E-state index contributed by atoms with van der Waals surface area (Å²) in [6, 6.07) is 15.4. The lowest BCUT2D eigenvalue weighted by Crippen LogP contribution is -2.47. The molecule has 0 fully saturated rings. The van der Waals surface area contributed by atoms with E-state index in [2.05, 4.69) is 43.2 Å². The van der Waals surface area contributed by atoms with E-state index < -0.39 is 6.03 Å². The molecule has 1 aliphatic heterocycles. The maximum Gasteiger partial charge on any atom is 0.324 e. The third-order valence-electron chi connectivity index (χ3n) is 5.58. The molecule has 2 aromatic carbocycles. The zero-order valence-corrected chi connectivity index (χ0v) is 20.1. The van der Waals surface area contributed by atoms with Gasteiger partial charge in [-0.1, -0.05) is 41.9 Å². The number of rotatable bonds is 8. The third-order valence-corrected chi connectivity index (χ3v) is 5.82. The van der Waals surface area contributed by atoms with E-state index in [1.807, 2.05) is 12.1 Å². The molecule has 1 aromatic heterocycles. The van der Waals surface area contributed by atoms with Gasteiger partial charge in [0.2, 0.25) is 11.6 Å². The van der Waals surface area contributed by atoms with Crippen molar-refractivity contribution in [1.82, 2.24) is 15.6 Å². The highest BCUT2D eigenvalue weighted by molar-refractivity contribution is 6.31. The van der Waals surface area contributed by atoms with Crippen LogP contribution in [0.25, 0.3) is 4.85 Å². The zero-order chi connectivity index (χ0) is 25.3. The molecule has 184 valence electrons. The summed E-state index contributed by atoms with van der Waals surface area (Å²) < 4.78 is 5.83. The summed E-state index contributed by atoms with van der Waals surface area (Å²) in [6.07, 6.45) is 2.62. The van der Waals surface area contributed by atoms with Crippen molar-refractivity contribution in [1.29, 1.82) is 0 Å². The van der Waals surface area contributed by atoms with E-state index >= 15 is 0 Å². The smallest absolute Gasteiger partial charge is 0.324 e. The second-order valence-corrected chi connectivity index (χ2v) is 8.57. The van der Waals surface area contributed by atoms with Crippen molar-refractivity contribution in [3.05, 3.63) is 88.4 Å². The van der Waals surface area contributed by atoms with Crippen molar-refractivity contribution in [2.75, 3.05) is 23.8 Å². The Kier molecular flexibility index (Phi) is 8.34. The fraction of sp³-hybridized carbons (Fsp3) is 0.231. The lowest BCUT2D eigenvalue weighted by molar-refractivity contribution is -0.123. The lowest BCUT2D eigenvalue weighted by atomic mass is 9.95. The molecule has 0 aliphatic carbocycles. The minimum absolute atomic E-state index is 0.0342. The van der Waals surface area contributed by atoms with E-state index in [0.717, 1.165) is 0 Å². The van der Waals surface area contributed by atoms with Crippen molar-refractivity contribution in [2.45, 2.75) is 25.4 Å². The lowest BCUT2D eigenvalue weighted by Gasteiger charge is -2.25. The Morgan fingerprint density at radius 3 is 2.75 bits per heavy atom. The van der Waals surface area contributed by atoms with Gasteiger partial charge in [-0.2, -0.15) is 0 Å². The molecule has 4 rings (SSSR count). The third kappa shape index (κ3) is 6.72. The Balaban J connectivity index is 1.23. The van der Waals surface area contributed by atoms with Crippen LogP contribution < -0.4 is 26.0 Å². The number of anilines is 2. The molecule has 3 amide bonds. The van der Waals surface area contributed by atoms with Crippen molar-refractivity contribution in [2.24, 2.45) is 0 Å². The molecule has 9 nitrogen and oxygen atoms in total. The number of aromatic nitrogens is 1. The number of nitrogens with one attached hydrogen (secondary N) is 4. The molecule has 0 bridgehead atoms. The first kappa shape index (κ1) is 25.0. The van der Waals surface area contributed by atoms with E-state index in [1.165, 1.54) is 23.4 Å². The van der Waals surface area contributed by atoms with Gasteiger partial charge in [0, 0.05) is 24.3 Å². The molecule has 0 spiro atoms. The van der Waals surface area contributed by atoms with E-state index in [4.69, 9.17) is 22.9 Å². The summed E-state index contributed by atoms with van der Waals surface area (Å²) in [5, 5.41) is 12.0. The van der Waals surface area contributed by atoms with Crippen LogP contribution >= 0.6 is 11.6 Å². The Morgan fingerprint density at radius 2 is 1.97 bits per heavy atom. The normalized spacial score (nSPS) is 14.2. The summed E-state index contributed by atoms with van der Waals surface area (Å²) in [7, 11) is 0. The minimum Gasteiger partial charge on any atom is -0.491 e. The van der Waals surface area contributed by atoms with Crippen LogP contribution in [0.2, 0.25) is 5.02 Å². The number of benzene rings is 2. The molecule has 0 unspecified atom stereocenters. The first-order chi connectivity index (χ1) is 17.5. The number of fused-ring (bicyclic) bond motifs is 1. The number of hydrogen-bond donors (Lipinski definition) is 4. The molecule has 10 heteroatoms. The number of carbonyl (C=O) groups excluding carboxylic acids is 2. The van der Waals surface area contributed by atoms with Gasteiger partial charge in [-0.05, 0) is 48.2 Å². The van der Waals surface area contributed by atoms with Crippen LogP contribution in [0, 0.1) is 6.57 Å². The van der Waals surface area contributed by atoms with Gasteiger partial charge in [-0.15, -0.1) is 0 Å². The molecule has 1 atom stereocenters. The van der Waals surface area contributed by atoms with Crippen LogP contribution in [0.5, 0.6) is 5.75 Å². The molecule has 0 radical (unpaired) electrons. The van der Waals surface area contributed by atoms with E-state index in [9.17, 15) is 9.59 Å². The van der Waals surface area contributed by atoms with Gasteiger partial charge in [-0.3, -0.25) is 15.1 Å². The summed E-state index contributed by atoms with van der Waals surface area (Å²) in [5.74, 6) is 0.715. The molecular formula is C26H25ClN6O3. The number of amides is 3. The average Bonchev–Trinajstić information content (AvgIpc) is 2.89. The Labute approximate surface area is 214 Å². The monoisotopic (exact) mass is 504 g/mol. The first-order valence-corrected chi connectivity index (χ1v) is 11.8. The second kappa shape index (κ2) is 12.0. The maximum absolute atomic E-state index is 12.5. The van der Waals surface area contributed by atoms with Crippen LogP contribution in [0.3, 0.4) is 0 Å². The van der Waals surface area contributed by atoms with Crippen LogP contribution in [0.4, 0.5) is 22.0 Å². The van der Waals surface area contributed by atoms with E-state index in [0.29, 0.717) is 60.5 Å². The van der Waals surface area contributed by atoms with Crippen LogP contribution in [0.15, 0.2) is 60.8 Å². The van der Waals surface area contributed by atoms with Crippen LogP contribution in [0.1, 0.15) is 17.5 Å². The van der Waals surface area contributed by atoms with Crippen LogP contribution in [-0.2, 0) is 17.8 Å². The highest BCUT2D eigenvalue weighted by Crippen LogP contribution is 2.28. The fourth-order valence-electron chi connectivity index (χ4n) is 3.75. The van der Waals surface area contributed by atoms with Gasteiger partial charge in [0.25, 0.3) is 0 Å². The number of hydrogen-bond acceptors (Lipinski definition) is 5. The summed E-state index contributed by atoms with van der Waals surface area (Å²) in [5.41, 5.74) is 3.20. The largest absolute Gasteiger partial charge is 0.491 e. The number of urea groups is 1. The predicted molar refractivity (Wildman–Crippen MR) is 138 cm³/mol. The number of ether oxygens (including phenoxy) is 1. The van der Waals surface area contributed by atoms with Gasteiger partial charge in [-0.25, -0.2) is 9.64 Å². The van der Waals surface area contributed by atoms with E-state index in [-0.39, 0.29) is 11.9 Å². The molecule has 3 aromatic rings. The first-order valence-electron chi connectivity index (χ1n) is 11.4. The summed E-state index contributed by atoms with van der Waals surface area (Å²) in [4.78, 5) is 32.2. The van der Waals surface area contributed by atoms with Crippen molar-refractivity contribution in [3.63, 3.8) is 0 Å². The Hall–Kier alpha value is -4.13. The highest BCUT2D eigenvalue weighted by atomic mass is 35.5. The van der Waals surface area contributed by atoms with Crippen molar-refractivity contribution in [3.8, 4) is 5.75 Å². The number of nitrogens with zero attached hydrogens (tertiary/aromatic N) is 2. The van der Waals surface area contributed by atoms with Crippen molar-refractivity contribution < 1.29 is 14.3 Å². The van der Waals surface area contributed by atoms with Crippen LogP contribution in [-0.4, -0.2) is 36.1 Å². The minimum atomic E-state index is -0.529. The Bertz CT molecular complexity index is 1280. The standard InChI is InChI=1S/C26H25ClN6O3/c1-28-20-8-10-24(31-16-20)33-26(35)32-21-14-19(27)7-9-23(21)36-12-4-11-29-25(34)22-13-17-5-2-3-6-18(17)15-30-22/h2-3,5-10,14,16,22,30H,4,11-13,15H2,(H,29,34)(H2,31,32,33,35)/t22-/m0/s1. The highest BCUT2D eigenvalue weighted by Gasteiger charge is 2.23. The topological polar surface area (TPSA) is 109 Å². The van der Waals surface area contributed by atoms with Gasteiger partial charge < -0.3 is 20.7 Å². The SMILES string of the molecule is [C-]#[N+]c1ccc(NC(=O)Nc2cc(Cl)ccc2OCCCNC(=O)[C@@H]2Cc3ccccc3CN2)nc1. The summed E-state index contributed by atoms with van der Waals surface area (Å²) >= 11 is 6.10. The molecule has 36 heavy (non-hydrogen) atoms. The van der Waals surface area contributed by atoms with Gasteiger partial charge in [0.1, 0.15) is 11.6 Å². The molecule has 2 heterocycles. The molecule has 1 aliphatic rings. The second-order valence-electron chi connectivity index (χ2n) is 8.13. The molecule has 0 saturated carbocycles. The predicted octanol–water partition coefficient (Wildman–Crippen LogP) is 4.53. The van der Waals surface area contributed by atoms with Crippen molar-refractivity contribution >= 4 is 40.7 Å². The average molecular weight is 505 g/mol. The number of halogens is 1.